The van der Waals surface area contributed by atoms with Crippen LogP contribution >= 0.6 is 0 Å². The van der Waals surface area contributed by atoms with Crippen molar-refractivity contribution < 1.29 is 14.3 Å². The summed E-state index contributed by atoms with van der Waals surface area (Å²) < 4.78 is 6.21. The molecule has 3 heterocycles. The molecule has 42 heavy (non-hydrogen) atoms. The van der Waals surface area contributed by atoms with Gasteiger partial charge in [-0.05, 0) is 94.6 Å². The number of fused-ring (bicyclic) bond motifs is 2. The molecule has 0 aromatic heterocycles. The van der Waals surface area contributed by atoms with Crippen molar-refractivity contribution in [3.8, 4) is 11.5 Å². The summed E-state index contributed by atoms with van der Waals surface area (Å²) in [6.07, 6.45) is 14.4. The molecule has 7 heteroatoms. The van der Waals surface area contributed by atoms with Gasteiger partial charge in [-0.3, -0.25) is 14.5 Å². The lowest BCUT2D eigenvalue weighted by Crippen LogP contribution is -2.46. The summed E-state index contributed by atoms with van der Waals surface area (Å²) in [5.74, 6) is 1.23. The third-order valence-electron chi connectivity index (χ3n) is 9.55. The molecular weight excluding hydrogens is 524 g/mol. The molecule has 2 aromatic rings. The molecule has 0 radical (unpaired) electrons. The van der Waals surface area contributed by atoms with E-state index in [9.17, 15) is 9.59 Å². The number of nitrogens with zero attached hydrogens (tertiary/aromatic N) is 1. The summed E-state index contributed by atoms with van der Waals surface area (Å²) in [7, 11) is 0. The molecule has 0 saturated carbocycles. The molecule has 0 spiro atoms. The number of hydrogen-bond donors (Lipinski definition) is 3. The minimum atomic E-state index is -0.514. The molecule has 2 fully saturated rings. The predicted octanol–water partition coefficient (Wildman–Crippen LogP) is 5.51. The molecule has 1 unspecified atom stereocenters. The van der Waals surface area contributed by atoms with Crippen molar-refractivity contribution in [2.45, 2.75) is 76.2 Å². The van der Waals surface area contributed by atoms with Gasteiger partial charge in [-0.15, -0.1) is 0 Å². The third-order valence-corrected chi connectivity index (χ3v) is 9.55. The van der Waals surface area contributed by atoms with Crippen molar-refractivity contribution in [1.29, 1.82) is 0 Å². The number of carbonyl (C=O) groups excluding carboxylic acids is 2. The second-order valence-electron chi connectivity index (χ2n) is 12.6. The van der Waals surface area contributed by atoms with Gasteiger partial charge in [0.1, 0.15) is 11.5 Å². The van der Waals surface area contributed by atoms with Crippen LogP contribution in [0.2, 0.25) is 0 Å². The number of nitrogens with one attached hydrogen (secondary N) is 3. The Labute approximate surface area is 250 Å². The number of rotatable bonds is 7. The first-order valence-electron chi connectivity index (χ1n) is 16.2. The van der Waals surface area contributed by atoms with E-state index >= 15 is 0 Å². The molecule has 224 valence electrons. The van der Waals surface area contributed by atoms with Crippen LogP contribution in [0.25, 0.3) is 0 Å². The van der Waals surface area contributed by atoms with E-state index in [0.717, 1.165) is 69.5 Å². The molecule has 1 aliphatic carbocycles. The van der Waals surface area contributed by atoms with E-state index in [1.54, 1.807) is 11.6 Å². The fourth-order valence-corrected chi connectivity index (χ4v) is 7.02. The van der Waals surface area contributed by atoms with E-state index in [2.05, 4.69) is 26.9 Å². The van der Waals surface area contributed by atoms with Gasteiger partial charge in [0.2, 0.25) is 5.91 Å². The van der Waals surface area contributed by atoms with E-state index < -0.39 is 5.92 Å². The number of ether oxygens (including phenoxy) is 1. The van der Waals surface area contributed by atoms with Crippen LogP contribution < -0.4 is 20.7 Å². The van der Waals surface area contributed by atoms with Gasteiger partial charge in [0.05, 0.1) is 5.92 Å². The summed E-state index contributed by atoms with van der Waals surface area (Å²) in [6, 6.07) is 13.4. The van der Waals surface area contributed by atoms with E-state index in [4.69, 9.17) is 4.74 Å². The van der Waals surface area contributed by atoms with Crippen LogP contribution in [0.1, 0.15) is 91.6 Å². The van der Waals surface area contributed by atoms with E-state index in [1.165, 1.54) is 38.5 Å². The molecule has 2 saturated heterocycles. The number of para-hydroxylation sites is 1. The van der Waals surface area contributed by atoms with Crippen LogP contribution in [0.15, 0.2) is 54.1 Å². The summed E-state index contributed by atoms with van der Waals surface area (Å²) >= 11 is 0. The smallest absolute Gasteiger partial charge is 0.251 e. The summed E-state index contributed by atoms with van der Waals surface area (Å²) in [5.41, 5.74) is 3.78. The SMILES string of the molecule is O=C(NCC1CCNCC1)c1ccc2c(c1)C(C(=O)NC1CCN(C/C3=C/CCCCCC3)CC1)c1ccccc1O2. The average molecular weight is 571 g/mol. The maximum Gasteiger partial charge on any atom is 0.251 e. The van der Waals surface area contributed by atoms with E-state index in [-0.39, 0.29) is 17.9 Å². The Balaban J connectivity index is 1.12. The Morgan fingerprint density at radius 2 is 1.69 bits per heavy atom. The topological polar surface area (TPSA) is 82.7 Å². The lowest BCUT2D eigenvalue weighted by atomic mass is 9.85. The van der Waals surface area contributed by atoms with Gasteiger partial charge in [-0.25, -0.2) is 0 Å². The summed E-state index contributed by atoms with van der Waals surface area (Å²) in [4.78, 5) is 29.7. The number of carbonyl (C=O) groups is 2. The van der Waals surface area contributed by atoms with Crippen LogP contribution in [-0.2, 0) is 4.79 Å². The number of piperidine rings is 2. The van der Waals surface area contributed by atoms with Crippen LogP contribution in [0.3, 0.4) is 0 Å². The standard InChI is InChI=1S/C35H46N4O3/c40-34(37-23-25-14-18-36-19-15-25)27-12-13-32-30(22-27)33(29-10-6-7-11-31(29)42-32)35(41)38-28-16-20-39(21-17-28)24-26-8-4-2-1-3-5-9-26/h6-8,10-13,22,25,28,33,36H,1-5,9,14-21,23-24H2,(H,37,40)(H,38,41)/b26-8+. The van der Waals surface area contributed by atoms with Gasteiger partial charge >= 0.3 is 0 Å². The van der Waals surface area contributed by atoms with Gasteiger partial charge in [-0.1, -0.05) is 42.7 Å². The maximum atomic E-state index is 14.0. The van der Waals surface area contributed by atoms with Gasteiger partial charge in [0.25, 0.3) is 5.91 Å². The largest absolute Gasteiger partial charge is 0.457 e. The maximum absolute atomic E-state index is 14.0. The highest BCUT2D eigenvalue weighted by Crippen LogP contribution is 2.44. The van der Waals surface area contributed by atoms with Crippen LogP contribution in [0, 0.1) is 5.92 Å². The quantitative estimate of drug-likeness (QED) is 0.382. The zero-order chi connectivity index (χ0) is 28.7. The van der Waals surface area contributed by atoms with Crippen molar-refractivity contribution >= 4 is 11.8 Å². The van der Waals surface area contributed by atoms with Crippen LogP contribution in [0.5, 0.6) is 11.5 Å². The molecule has 2 aromatic carbocycles. The number of benzene rings is 2. The van der Waals surface area contributed by atoms with Crippen molar-refractivity contribution in [2.24, 2.45) is 5.92 Å². The molecule has 3 aliphatic heterocycles. The molecule has 2 amide bonds. The lowest BCUT2D eigenvalue weighted by molar-refractivity contribution is -0.122. The zero-order valence-corrected chi connectivity index (χ0v) is 24.8. The highest BCUT2D eigenvalue weighted by atomic mass is 16.5. The van der Waals surface area contributed by atoms with Crippen molar-refractivity contribution in [2.75, 3.05) is 39.3 Å². The first kappa shape index (κ1) is 28.9. The fourth-order valence-electron chi connectivity index (χ4n) is 7.02. The molecule has 4 aliphatic rings. The Bertz CT molecular complexity index is 1280. The second kappa shape index (κ2) is 13.9. The van der Waals surface area contributed by atoms with Gasteiger partial charge in [0, 0.05) is 48.9 Å². The Morgan fingerprint density at radius 1 is 0.905 bits per heavy atom. The van der Waals surface area contributed by atoms with Crippen LogP contribution in [0.4, 0.5) is 0 Å². The minimum absolute atomic E-state index is 0.0135. The molecule has 0 bridgehead atoms. The highest BCUT2D eigenvalue weighted by molar-refractivity contribution is 5.96. The normalized spacial score (nSPS) is 23.2. The first-order valence-corrected chi connectivity index (χ1v) is 16.2. The zero-order valence-electron chi connectivity index (χ0n) is 24.8. The van der Waals surface area contributed by atoms with Crippen molar-refractivity contribution in [3.63, 3.8) is 0 Å². The van der Waals surface area contributed by atoms with Crippen molar-refractivity contribution in [3.05, 3.63) is 70.8 Å². The Kier molecular flexibility index (Phi) is 9.56. The number of likely N-dealkylation sites (tertiary alicyclic amines) is 1. The fraction of sp³-hybridized carbons (Fsp3) is 0.543. The highest BCUT2D eigenvalue weighted by Gasteiger charge is 2.35. The van der Waals surface area contributed by atoms with Gasteiger partial charge < -0.3 is 20.7 Å². The molecule has 3 N–H and O–H groups in total. The van der Waals surface area contributed by atoms with Crippen LogP contribution in [-0.4, -0.2) is 62.0 Å². The lowest BCUT2D eigenvalue weighted by Gasteiger charge is -2.35. The van der Waals surface area contributed by atoms with E-state index in [0.29, 0.717) is 29.5 Å². The predicted molar refractivity (Wildman–Crippen MR) is 166 cm³/mol. The van der Waals surface area contributed by atoms with Gasteiger partial charge in [0.15, 0.2) is 0 Å². The number of allylic oxidation sites excluding steroid dienone is 1. The molecule has 1 atom stereocenters. The monoisotopic (exact) mass is 570 g/mol. The molecular formula is C35H46N4O3. The first-order chi connectivity index (χ1) is 20.6. The minimum Gasteiger partial charge on any atom is -0.457 e. The number of amides is 2. The average Bonchev–Trinajstić information content (AvgIpc) is 3.01. The Hall–Kier alpha value is -3.16. The Morgan fingerprint density at radius 3 is 2.55 bits per heavy atom. The summed E-state index contributed by atoms with van der Waals surface area (Å²) in [6.45, 7) is 5.77. The number of hydrogen-bond acceptors (Lipinski definition) is 5. The third kappa shape index (κ3) is 7.07. The molecule has 6 rings (SSSR count). The molecule has 7 nitrogen and oxygen atoms in total. The van der Waals surface area contributed by atoms with Crippen molar-refractivity contribution in [1.82, 2.24) is 20.9 Å². The second-order valence-corrected chi connectivity index (χ2v) is 12.6. The van der Waals surface area contributed by atoms with Gasteiger partial charge in [-0.2, -0.15) is 0 Å². The van der Waals surface area contributed by atoms with E-state index in [1.807, 2.05) is 36.4 Å². The summed E-state index contributed by atoms with van der Waals surface area (Å²) in [5, 5.41) is 9.89.